The Morgan fingerprint density at radius 1 is 1.15 bits per heavy atom. The molecular formula is C19H23FN2O3S. The summed E-state index contributed by atoms with van der Waals surface area (Å²) < 4.78 is 39.7. The van der Waals surface area contributed by atoms with Gasteiger partial charge in [0.05, 0.1) is 11.9 Å². The lowest BCUT2D eigenvalue weighted by Crippen LogP contribution is -2.47. The zero-order valence-electron chi connectivity index (χ0n) is 15.3. The number of nitrogens with one attached hydrogen (secondary N) is 1. The van der Waals surface area contributed by atoms with Crippen molar-refractivity contribution >= 4 is 27.3 Å². The summed E-state index contributed by atoms with van der Waals surface area (Å²) >= 11 is 0. The maximum atomic E-state index is 14.2. The monoisotopic (exact) mass is 378 g/mol. The van der Waals surface area contributed by atoms with Crippen molar-refractivity contribution in [2.45, 2.75) is 33.2 Å². The lowest BCUT2D eigenvalue weighted by molar-refractivity contribution is -0.117. The molecule has 0 aliphatic heterocycles. The van der Waals surface area contributed by atoms with Crippen LogP contribution in [0, 0.1) is 19.7 Å². The number of sulfonamides is 1. The Bertz CT molecular complexity index is 893. The van der Waals surface area contributed by atoms with E-state index < -0.39 is 27.8 Å². The van der Waals surface area contributed by atoms with E-state index in [1.54, 1.807) is 19.1 Å². The minimum atomic E-state index is -3.87. The zero-order valence-corrected chi connectivity index (χ0v) is 16.1. The van der Waals surface area contributed by atoms with Gasteiger partial charge in [0.2, 0.25) is 15.9 Å². The average molecular weight is 378 g/mol. The molecule has 0 bridgehead atoms. The molecule has 0 aromatic heterocycles. The van der Waals surface area contributed by atoms with Gasteiger partial charge in [-0.1, -0.05) is 25.1 Å². The van der Waals surface area contributed by atoms with Crippen molar-refractivity contribution in [2.24, 2.45) is 0 Å². The molecule has 1 amide bonds. The number of anilines is 2. The van der Waals surface area contributed by atoms with Gasteiger partial charge in [-0.2, -0.15) is 0 Å². The number of rotatable bonds is 6. The lowest BCUT2D eigenvalue weighted by Gasteiger charge is -2.30. The number of carbonyl (C=O) groups is 1. The highest BCUT2D eigenvalue weighted by atomic mass is 32.2. The van der Waals surface area contributed by atoms with Crippen LogP contribution in [0.3, 0.4) is 0 Å². The van der Waals surface area contributed by atoms with Crippen molar-refractivity contribution < 1.29 is 17.6 Å². The smallest absolute Gasteiger partial charge is 0.248 e. The molecule has 0 spiro atoms. The van der Waals surface area contributed by atoms with E-state index in [0.717, 1.165) is 21.7 Å². The summed E-state index contributed by atoms with van der Waals surface area (Å²) in [6, 6.07) is 10.0. The van der Waals surface area contributed by atoms with E-state index in [9.17, 15) is 17.6 Å². The molecule has 0 aliphatic carbocycles. The SMILES string of the molecule is CCC(C(=O)Nc1cc(C)cc(C)c1)N(c1ccccc1F)S(C)(=O)=O. The summed E-state index contributed by atoms with van der Waals surface area (Å²) in [4.78, 5) is 12.8. The summed E-state index contributed by atoms with van der Waals surface area (Å²) in [5.74, 6) is -1.21. The number of halogens is 1. The van der Waals surface area contributed by atoms with E-state index in [4.69, 9.17) is 0 Å². The number of para-hydroxylation sites is 1. The van der Waals surface area contributed by atoms with E-state index in [-0.39, 0.29) is 12.1 Å². The summed E-state index contributed by atoms with van der Waals surface area (Å²) in [5, 5.41) is 2.75. The summed E-state index contributed by atoms with van der Waals surface area (Å²) in [6.45, 7) is 5.50. The van der Waals surface area contributed by atoms with E-state index in [1.807, 2.05) is 19.9 Å². The van der Waals surface area contributed by atoms with Crippen LogP contribution in [0.15, 0.2) is 42.5 Å². The Labute approximate surface area is 153 Å². The largest absolute Gasteiger partial charge is 0.324 e. The molecule has 26 heavy (non-hydrogen) atoms. The zero-order chi connectivity index (χ0) is 19.5. The van der Waals surface area contributed by atoms with Gasteiger partial charge in [0.1, 0.15) is 11.9 Å². The van der Waals surface area contributed by atoms with Crippen LogP contribution in [-0.4, -0.2) is 26.6 Å². The van der Waals surface area contributed by atoms with Crippen molar-refractivity contribution in [3.63, 3.8) is 0 Å². The van der Waals surface area contributed by atoms with Crippen LogP contribution >= 0.6 is 0 Å². The third-order valence-corrected chi connectivity index (χ3v) is 5.07. The van der Waals surface area contributed by atoms with Crippen LogP contribution in [0.5, 0.6) is 0 Å². The standard InChI is InChI=1S/C19H23FN2O3S/c1-5-17(19(23)21-15-11-13(2)10-14(3)12-15)22(26(4,24)25)18-9-7-6-8-16(18)20/h6-12,17H,5H2,1-4H3,(H,21,23). The van der Waals surface area contributed by atoms with Gasteiger partial charge in [-0.3, -0.25) is 9.10 Å². The highest BCUT2D eigenvalue weighted by molar-refractivity contribution is 7.92. The number of amides is 1. The van der Waals surface area contributed by atoms with Gasteiger partial charge in [0.15, 0.2) is 0 Å². The quantitative estimate of drug-likeness (QED) is 0.835. The summed E-state index contributed by atoms with van der Waals surface area (Å²) in [5.41, 5.74) is 2.38. The molecule has 0 fully saturated rings. The van der Waals surface area contributed by atoms with Crippen LogP contribution < -0.4 is 9.62 Å². The number of benzene rings is 2. The fraction of sp³-hybridized carbons (Fsp3) is 0.316. The van der Waals surface area contributed by atoms with Gasteiger partial charge in [0.25, 0.3) is 0 Å². The van der Waals surface area contributed by atoms with Crippen LogP contribution in [0.4, 0.5) is 15.8 Å². The minimum absolute atomic E-state index is 0.141. The van der Waals surface area contributed by atoms with Gasteiger partial charge in [-0.15, -0.1) is 0 Å². The average Bonchev–Trinajstić information content (AvgIpc) is 2.51. The van der Waals surface area contributed by atoms with Crippen LogP contribution in [-0.2, 0) is 14.8 Å². The van der Waals surface area contributed by atoms with Crippen molar-refractivity contribution in [3.8, 4) is 0 Å². The highest BCUT2D eigenvalue weighted by Crippen LogP contribution is 2.26. The normalized spacial score (nSPS) is 12.5. The Balaban J connectivity index is 2.42. The van der Waals surface area contributed by atoms with Gasteiger partial charge in [-0.25, -0.2) is 12.8 Å². The predicted molar refractivity (Wildman–Crippen MR) is 102 cm³/mol. The minimum Gasteiger partial charge on any atom is -0.324 e. The molecule has 0 saturated heterocycles. The fourth-order valence-electron chi connectivity index (χ4n) is 2.94. The Kier molecular flexibility index (Phi) is 6.02. The van der Waals surface area contributed by atoms with E-state index >= 15 is 0 Å². The van der Waals surface area contributed by atoms with Crippen LogP contribution in [0.2, 0.25) is 0 Å². The van der Waals surface area contributed by atoms with E-state index in [0.29, 0.717) is 5.69 Å². The van der Waals surface area contributed by atoms with Crippen LogP contribution in [0.1, 0.15) is 24.5 Å². The number of hydrogen-bond acceptors (Lipinski definition) is 3. The first kappa shape index (κ1) is 19.9. The van der Waals surface area contributed by atoms with E-state index in [2.05, 4.69) is 5.32 Å². The van der Waals surface area contributed by atoms with Crippen molar-refractivity contribution in [1.29, 1.82) is 0 Å². The highest BCUT2D eigenvalue weighted by Gasteiger charge is 2.33. The third kappa shape index (κ3) is 4.60. The first-order valence-corrected chi connectivity index (χ1v) is 10.1. The van der Waals surface area contributed by atoms with Crippen molar-refractivity contribution in [1.82, 2.24) is 0 Å². The maximum Gasteiger partial charge on any atom is 0.248 e. The molecule has 0 saturated carbocycles. The second-order valence-corrected chi connectivity index (χ2v) is 8.16. The molecule has 7 heteroatoms. The molecule has 5 nitrogen and oxygen atoms in total. The third-order valence-electron chi connectivity index (χ3n) is 3.91. The second kappa shape index (κ2) is 7.86. The van der Waals surface area contributed by atoms with Gasteiger partial charge in [0, 0.05) is 5.69 Å². The van der Waals surface area contributed by atoms with Gasteiger partial charge in [-0.05, 0) is 55.7 Å². The molecule has 2 rings (SSSR count). The number of carbonyl (C=O) groups excluding carboxylic acids is 1. The predicted octanol–water partition coefficient (Wildman–Crippen LogP) is 3.63. The molecule has 140 valence electrons. The van der Waals surface area contributed by atoms with Crippen molar-refractivity contribution in [3.05, 3.63) is 59.4 Å². The Morgan fingerprint density at radius 2 is 1.73 bits per heavy atom. The van der Waals surface area contributed by atoms with E-state index in [1.165, 1.54) is 24.3 Å². The fourth-order valence-corrected chi connectivity index (χ4v) is 4.15. The Morgan fingerprint density at radius 3 is 2.23 bits per heavy atom. The molecule has 1 N–H and O–H groups in total. The molecule has 1 atom stereocenters. The molecule has 0 radical (unpaired) electrons. The molecule has 1 unspecified atom stereocenters. The van der Waals surface area contributed by atoms with Gasteiger partial charge < -0.3 is 5.32 Å². The van der Waals surface area contributed by atoms with Crippen LogP contribution in [0.25, 0.3) is 0 Å². The first-order valence-electron chi connectivity index (χ1n) is 8.26. The molecule has 0 aliphatic rings. The number of nitrogens with zero attached hydrogens (tertiary/aromatic N) is 1. The summed E-state index contributed by atoms with van der Waals surface area (Å²) in [6.07, 6.45) is 1.16. The number of hydrogen-bond donors (Lipinski definition) is 1. The lowest BCUT2D eigenvalue weighted by atomic mass is 10.1. The van der Waals surface area contributed by atoms with Crippen molar-refractivity contribution in [2.75, 3.05) is 15.9 Å². The topological polar surface area (TPSA) is 66.5 Å². The molecule has 2 aromatic carbocycles. The first-order chi connectivity index (χ1) is 12.1. The summed E-state index contributed by atoms with van der Waals surface area (Å²) in [7, 11) is -3.87. The Hall–Kier alpha value is -2.41. The second-order valence-electron chi connectivity index (χ2n) is 6.30. The molecule has 2 aromatic rings. The number of aryl methyl sites for hydroxylation is 2. The maximum absolute atomic E-state index is 14.2. The molecular weight excluding hydrogens is 355 g/mol. The van der Waals surface area contributed by atoms with Gasteiger partial charge >= 0.3 is 0 Å². The molecule has 0 heterocycles.